The zero-order chi connectivity index (χ0) is 10.8. The first-order valence-electron chi connectivity index (χ1n) is 4.53. The molecule has 0 N–H and O–H groups in total. The van der Waals surface area contributed by atoms with Crippen molar-refractivity contribution in [2.75, 3.05) is 18.6 Å². The summed E-state index contributed by atoms with van der Waals surface area (Å²) in [6.45, 7) is 0.518. The van der Waals surface area contributed by atoms with Crippen molar-refractivity contribution in [3.8, 4) is 0 Å². The van der Waals surface area contributed by atoms with Gasteiger partial charge in [-0.15, -0.1) is 0 Å². The second kappa shape index (κ2) is 4.06. The van der Waals surface area contributed by atoms with Gasteiger partial charge in [-0.05, 0) is 17.7 Å². The van der Waals surface area contributed by atoms with Crippen LogP contribution in [0.3, 0.4) is 0 Å². The number of amides is 1. The molecule has 15 heavy (non-hydrogen) atoms. The third-order valence-electron chi connectivity index (χ3n) is 2.24. The summed E-state index contributed by atoms with van der Waals surface area (Å²) < 4.78 is 5.70. The Labute approximate surface area is 96.5 Å². The number of halogens is 1. The van der Waals surface area contributed by atoms with Crippen LogP contribution in [0, 0.1) is 0 Å². The number of para-hydroxylation sites is 1. The van der Waals surface area contributed by atoms with Gasteiger partial charge < -0.3 is 4.74 Å². The van der Waals surface area contributed by atoms with Crippen molar-refractivity contribution in [2.45, 2.75) is 0 Å². The summed E-state index contributed by atoms with van der Waals surface area (Å²) in [5.41, 5.74) is 1.90. The third-order valence-corrected chi connectivity index (χ3v) is 2.72. The molecule has 4 heteroatoms. The van der Waals surface area contributed by atoms with Gasteiger partial charge in [-0.2, -0.15) is 0 Å². The van der Waals surface area contributed by atoms with Crippen molar-refractivity contribution in [3.63, 3.8) is 0 Å². The second-order valence-corrected chi connectivity index (χ2v) is 4.22. The SMILES string of the molecule is COC(=O)N1CC(Br)=Cc2ccccc21. The molecule has 1 aliphatic rings. The summed E-state index contributed by atoms with van der Waals surface area (Å²) in [7, 11) is 1.39. The summed E-state index contributed by atoms with van der Waals surface area (Å²) in [4.78, 5) is 13.1. The number of methoxy groups -OCH3 is 1. The Balaban J connectivity index is 2.46. The molecule has 0 saturated heterocycles. The molecule has 0 unspecified atom stereocenters. The average molecular weight is 268 g/mol. The quantitative estimate of drug-likeness (QED) is 0.723. The predicted octanol–water partition coefficient (Wildman–Crippen LogP) is 3.01. The average Bonchev–Trinajstić information content (AvgIpc) is 2.26. The van der Waals surface area contributed by atoms with Crippen molar-refractivity contribution in [2.24, 2.45) is 0 Å². The smallest absolute Gasteiger partial charge is 0.414 e. The van der Waals surface area contributed by atoms with Crippen LogP contribution in [0.25, 0.3) is 6.08 Å². The van der Waals surface area contributed by atoms with Crippen LogP contribution in [0.4, 0.5) is 10.5 Å². The summed E-state index contributed by atoms with van der Waals surface area (Å²) in [6.07, 6.45) is 1.67. The van der Waals surface area contributed by atoms with Gasteiger partial charge >= 0.3 is 6.09 Å². The van der Waals surface area contributed by atoms with E-state index in [0.29, 0.717) is 6.54 Å². The van der Waals surface area contributed by atoms with Crippen LogP contribution >= 0.6 is 15.9 Å². The van der Waals surface area contributed by atoms with Crippen LogP contribution in [-0.4, -0.2) is 19.7 Å². The minimum Gasteiger partial charge on any atom is -0.452 e. The Morgan fingerprint density at radius 1 is 1.47 bits per heavy atom. The lowest BCUT2D eigenvalue weighted by molar-refractivity contribution is 0.179. The maximum atomic E-state index is 11.5. The number of hydrogen-bond donors (Lipinski definition) is 0. The number of nitrogens with zero attached hydrogens (tertiary/aromatic N) is 1. The maximum Gasteiger partial charge on any atom is 0.414 e. The fourth-order valence-corrected chi connectivity index (χ4v) is 2.08. The van der Waals surface area contributed by atoms with Crippen LogP contribution in [-0.2, 0) is 4.74 Å². The van der Waals surface area contributed by atoms with Gasteiger partial charge in [0.25, 0.3) is 0 Å². The van der Waals surface area contributed by atoms with Crippen LogP contribution in [0.1, 0.15) is 5.56 Å². The van der Waals surface area contributed by atoms with E-state index < -0.39 is 0 Å². The Bertz CT molecular complexity index is 428. The minimum atomic E-state index is -0.340. The number of benzene rings is 1. The molecule has 0 fully saturated rings. The van der Waals surface area contributed by atoms with Gasteiger partial charge in [0.15, 0.2) is 0 Å². The van der Waals surface area contributed by atoms with Gasteiger partial charge in [0, 0.05) is 4.48 Å². The van der Waals surface area contributed by atoms with E-state index in [-0.39, 0.29) is 6.09 Å². The Hall–Kier alpha value is -1.29. The van der Waals surface area contributed by atoms with E-state index in [4.69, 9.17) is 4.74 Å². The first-order chi connectivity index (χ1) is 7.22. The van der Waals surface area contributed by atoms with Crippen LogP contribution in [0.5, 0.6) is 0 Å². The molecule has 0 spiro atoms. The number of carbonyl (C=O) groups is 1. The van der Waals surface area contributed by atoms with E-state index in [2.05, 4.69) is 15.9 Å². The normalized spacial score (nSPS) is 14.3. The summed E-state index contributed by atoms with van der Waals surface area (Å²) in [5, 5.41) is 0. The molecule has 1 aromatic rings. The van der Waals surface area contributed by atoms with Gasteiger partial charge in [0.05, 0.1) is 19.3 Å². The number of carbonyl (C=O) groups excluding carboxylic acids is 1. The van der Waals surface area contributed by atoms with E-state index in [1.165, 1.54) is 7.11 Å². The second-order valence-electron chi connectivity index (χ2n) is 3.21. The van der Waals surface area contributed by atoms with Gasteiger partial charge in [-0.25, -0.2) is 4.79 Å². The highest BCUT2D eigenvalue weighted by atomic mass is 79.9. The van der Waals surface area contributed by atoms with E-state index in [0.717, 1.165) is 15.7 Å². The highest BCUT2D eigenvalue weighted by Crippen LogP contribution is 2.30. The standard InChI is InChI=1S/C11H10BrNO2/c1-15-11(14)13-7-9(12)6-8-4-2-3-5-10(8)13/h2-6H,7H2,1H3. The molecule has 2 rings (SSSR count). The molecule has 0 aliphatic carbocycles. The maximum absolute atomic E-state index is 11.5. The molecule has 0 atom stereocenters. The van der Waals surface area contributed by atoms with Crippen LogP contribution < -0.4 is 4.90 Å². The largest absolute Gasteiger partial charge is 0.452 e. The van der Waals surface area contributed by atoms with Gasteiger partial charge in [0.1, 0.15) is 0 Å². The molecule has 3 nitrogen and oxygen atoms in total. The van der Waals surface area contributed by atoms with E-state index >= 15 is 0 Å². The number of fused-ring (bicyclic) bond motifs is 1. The zero-order valence-corrected chi connectivity index (χ0v) is 9.82. The summed E-state index contributed by atoms with van der Waals surface area (Å²) >= 11 is 3.41. The molecule has 78 valence electrons. The van der Waals surface area contributed by atoms with Crippen molar-refractivity contribution in [1.29, 1.82) is 0 Å². The first kappa shape index (κ1) is 10.2. The molecule has 1 aliphatic heterocycles. The third kappa shape index (κ3) is 1.90. The molecule has 0 bridgehead atoms. The molecule has 1 aromatic carbocycles. The topological polar surface area (TPSA) is 29.5 Å². The summed E-state index contributed by atoms with van der Waals surface area (Å²) in [5.74, 6) is 0. The molecule has 1 heterocycles. The van der Waals surface area contributed by atoms with E-state index in [1.807, 2.05) is 30.3 Å². The van der Waals surface area contributed by atoms with Gasteiger partial charge in [-0.1, -0.05) is 34.1 Å². The lowest BCUT2D eigenvalue weighted by Crippen LogP contribution is -2.33. The van der Waals surface area contributed by atoms with Crippen LogP contribution in [0.15, 0.2) is 28.7 Å². The number of ether oxygens (including phenoxy) is 1. The molecular formula is C11H10BrNO2. The van der Waals surface area contributed by atoms with Crippen molar-refractivity contribution in [1.82, 2.24) is 0 Å². The van der Waals surface area contributed by atoms with Gasteiger partial charge in [0.2, 0.25) is 0 Å². The lowest BCUT2D eigenvalue weighted by Gasteiger charge is -2.26. The van der Waals surface area contributed by atoms with Crippen molar-refractivity contribution in [3.05, 3.63) is 34.3 Å². The summed E-state index contributed by atoms with van der Waals surface area (Å²) in [6, 6.07) is 7.71. The minimum absolute atomic E-state index is 0.340. The molecule has 0 saturated carbocycles. The fraction of sp³-hybridized carbons (Fsp3) is 0.182. The monoisotopic (exact) mass is 267 g/mol. The number of hydrogen-bond acceptors (Lipinski definition) is 2. The molecule has 1 amide bonds. The fourth-order valence-electron chi connectivity index (χ4n) is 1.58. The highest BCUT2D eigenvalue weighted by Gasteiger charge is 2.22. The van der Waals surface area contributed by atoms with E-state index in [9.17, 15) is 4.79 Å². The number of rotatable bonds is 0. The Morgan fingerprint density at radius 2 is 2.20 bits per heavy atom. The van der Waals surface area contributed by atoms with Crippen LogP contribution in [0.2, 0.25) is 0 Å². The van der Waals surface area contributed by atoms with Gasteiger partial charge in [-0.3, -0.25) is 4.90 Å². The molecular weight excluding hydrogens is 258 g/mol. The zero-order valence-electron chi connectivity index (χ0n) is 8.24. The Kier molecular flexibility index (Phi) is 2.77. The lowest BCUT2D eigenvalue weighted by atomic mass is 10.1. The number of anilines is 1. The highest BCUT2D eigenvalue weighted by molar-refractivity contribution is 9.11. The van der Waals surface area contributed by atoms with E-state index in [1.54, 1.807) is 4.90 Å². The predicted molar refractivity (Wildman–Crippen MR) is 63.1 cm³/mol. The Morgan fingerprint density at radius 3 is 2.93 bits per heavy atom. The first-order valence-corrected chi connectivity index (χ1v) is 5.32. The van der Waals surface area contributed by atoms with Crippen molar-refractivity contribution >= 4 is 33.8 Å². The molecule has 0 aromatic heterocycles. The molecule has 0 radical (unpaired) electrons. The van der Waals surface area contributed by atoms with Crippen molar-refractivity contribution < 1.29 is 9.53 Å².